The molecule has 5 nitrogen and oxygen atoms in total. The maximum absolute atomic E-state index is 11.6. The minimum Gasteiger partial charge on any atom is -0.463 e. The molecule has 1 atom stereocenters. The van der Waals surface area contributed by atoms with Crippen LogP contribution in [-0.2, 0) is 19.1 Å². The third-order valence-corrected chi connectivity index (χ3v) is 1.86. The average molecular weight is 243 g/mol. The summed E-state index contributed by atoms with van der Waals surface area (Å²) in [5, 5.41) is 4.79. The van der Waals surface area contributed by atoms with Crippen molar-refractivity contribution in [3.05, 3.63) is 0 Å². The first-order chi connectivity index (χ1) is 7.99. The van der Waals surface area contributed by atoms with Gasteiger partial charge in [-0.1, -0.05) is 0 Å². The zero-order valence-electron chi connectivity index (χ0n) is 10.4. The van der Waals surface area contributed by atoms with Gasteiger partial charge in [0.15, 0.2) is 6.10 Å². The molecule has 9 heteroatoms. The van der Waals surface area contributed by atoms with E-state index in [9.17, 15) is 9.59 Å². The number of carbonyl (C=O) groups is 2. The zero-order valence-corrected chi connectivity index (χ0v) is 10.4. The summed E-state index contributed by atoms with van der Waals surface area (Å²) in [6.45, 7) is 3.04. The minimum atomic E-state index is -2.23. The van der Waals surface area contributed by atoms with Gasteiger partial charge in [-0.25, -0.2) is 4.79 Å². The van der Waals surface area contributed by atoms with Gasteiger partial charge in [-0.05, 0) is 30.9 Å². The molecule has 0 saturated heterocycles. The maximum Gasteiger partial charge on any atom is 0.347 e. The number of ether oxygens (including phenoxy) is 2. The lowest BCUT2D eigenvalue weighted by Crippen LogP contribution is -2.41. The minimum absolute atomic E-state index is 0.141. The van der Waals surface area contributed by atoms with Crippen LogP contribution in [0.25, 0.3) is 0 Å². The van der Waals surface area contributed by atoms with Crippen LogP contribution in [0.1, 0.15) is 20.3 Å². The van der Waals surface area contributed by atoms with Gasteiger partial charge in [0.1, 0.15) is 0 Å². The van der Waals surface area contributed by atoms with Gasteiger partial charge in [-0.3, -0.25) is 4.79 Å². The van der Waals surface area contributed by atoms with E-state index in [2.05, 4.69) is 9.47 Å². The molecular weight excluding hydrogens is 231 g/mol. The van der Waals surface area contributed by atoms with Crippen molar-refractivity contribution in [2.24, 2.45) is 0 Å². The van der Waals surface area contributed by atoms with Crippen molar-refractivity contribution in [1.29, 1.82) is 0 Å². The highest BCUT2D eigenvalue weighted by Gasteiger charge is 2.35. The van der Waals surface area contributed by atoms with E-state index in [4.69, 9.17) is 36.5 Å². The topological polar surface area (TPSA) is 72.8 Å². The van der Waals surface area contributed by atoms with Crippen molar-refractivity contribution in [3.8, 4) is 0 Å². The summed E-state index contributed by atoms with van der Waals surface area (Å²) in [7, 11) is 20.9. The Morgan fingerprint density at radius 1 is 1.28 bits per heavy atom. The monoisotopic (exact) mass is 244 g/mol. The molecule has 0 fully saturated rings. The van der Waals surface area contributed by atoms with Crippen LogP contribution < -0.4 is 0 Å². The van der Waals surface area contributed by atoms with Gasteiger partial charge >= 0.3 is 5.97 Å². The fourth-order valence-corrected chi connectivity index (χ4v) is 1.12. The Kier molecular flexibility index (Phi) is 6.07. The predicted octanol–water partition coefficient (Wildman–Crippen LogP) is -1.69. The van der Waals surface area contributed by atoms with E-state index in [1.54, 1.807) is 6.92 Å². The van der Waals surface area contributed by atoms with Crippen LogP contribution >= 0.6 is 0 Å². The van der Waals surface area contributed by atoms with Gasteiger partial charge in [-0.2, -0.15) is 0 Å². The van der Waals surface area contributed by atoms with Crippen LogP contribution in [0.2, 0.25) is 5.21 Å². The van der Waals surface area contributed by atoms with Crippen molar-refractivity contribution in [3.63, 3.8) is 0 Å². The van der Waals surface area contributed by atoms with E-state index in [0.717, 1.165) is 0 Å². The summed E-state index contributed by atoms with van der Waals surface area (Å²) in [6, 6.07) is 0. The molecule has 0 aromatic heterocycles. The Morgan fingerprint density at radius 3 is 2.17 bits per heavy atom. The van der Waals surface area contributed by atoms with Crippen molar-refractivity contribution in [2.45, 2.75) is 37.0 Å². The molecule has 0 aromatic rings. The van der Waals surface area contributed by atoms with Crippen molar-refractivity contribution < 1.29 is 24.2 Å². The van der Waals surface area contributed by atoms with Gasteiger partial charge in [0.2, 0.25) is 0 Å². The molecule has 0 aliphatic rings. The molecule has 0 aliphatic carbocycles. The van der Waals surface area contributed by atoms with Crippen LogP contribution in [0.3, 0.4) is 0 Å². The lowest BCUT2D eigenvalue weighted by atomic mass is 9.45. The number of hydrogen-bond donors (Lipinski definition) is 1. The molecular formula is C9H12B4O5. The fourth-order valence-electron chi connectivity index (χ4n) is 1.12. The molecule has 0 amide bonds. The third kappa shape index (κ3) is 6.19. The summed E-state index contributed by atoms with van der Waals surface area (Å²) in [6.07, 6.45) is -1.82. The highest BCUT2D eigenvalue weighted by molar-refractivity contribution is 6.51. The quantitative estimate of drug-likeness (QED) is 0.445. The van der Waals surface area contributed by atoms with E-state index in [-0.39, 0.29) is 6.61 Å². The Balaban J connectivity index is 4.52. The second-order valence-corrected chi connectivity index (χ2v) is 4.01. The molecule has 0 rings (SSSR count). The highest BCUT2D eigenvalue weighted by Crippen LogP contribution is 2.28. The Bertz CT molecular complexity index is 313. The van der Waals surface area contributed by atoms with E-state index >= 15 is 0 Å². The number of rotatable bonds is 6. The van der Waals surface area contributed by atoms with Gasteiger partial charge < -0.3 is 14.6 Å². The normalized spacial score (nSPS) is 13.7. The Hall–Kier alpha value is -0.840. The van der Waals surface area contributed by atoms with E-state index in [0.29, 0.717) is 0 Å². The molecule has 18 heavy (non-hydrogen) atoms. The molecule has 0 aliphatic heterocycles. The number of aliphatic hydroxyl groups is 1. The first-order valence-electron chi connectivity index (χ1n) is 5.25. The Labute approximate surface area is 112 Å². The molecule has 0 aromatic carbocycles. The molecule has 0 heterocycles. The lowest BCUT2D eigenvalue weighted by molar-refractivity contribution is -0.167. The van der Waals surface area contributed by atoms with Crippen molar-refractivity contribution in [1.82, 2.24) is 0 Å². The average Bonchev–Trinajstić information content (AvgIpc) is 2.13. The Morgan fingerprint density at radius 2 is 1.78 bits per heavy atom. The number of hydrogen-bond acceptors (Lipinski definition) is 5. The summed E-state index contributed by atoms with van der Waals surface area (Å²) < 4.78 is 9.31. The van der Waals surface area contributed by atoms with E-state index in [1.165, 1.54) is 6.92 Å². The highest BCUT2D eigenvalue weighted by atomic mass is 16.6. The number of carbonyl (C=O) groups excluding carboxylic acids is 2. The predicted molar refractivity (Wildman–Crippen MR) is 67.5 cm³/mol. The number of esters is 2. The summed E-state index contributed by atoms with van der Waals surface area (Å²) in [5.74, 6) is -1.87. The molecule has 0 saturated carbocycles. The smallest absolute Gasteiger partial charge is 0.347 e. The van der Waals surface area contributed by atoms with Gasteiger partial charge in [-0.15, -0.1) is 0 Å². The summed E-state index contributed by atoms with van der Waals surface area (Å²) in [5.41, 5.74) is 0. The van der Waals surface area contributed by atoms with Gasteiger partial charge in [0.25, 0.3) is 5.97 Å². The van der Waals surface area contributed by atoms with Crippen LogP contribution in [0.15, 0.2) is 0 Å². The van der Waals surface area contributed by atoms with Gasteiger partial charge in [0.05, 0.1) is 38.0 Å². The first-order valence-corrected chi connectivity index (χ1v) is 5.25. The van der Waals surface area contributed by atoms with Gasteiger partial charge in [0, 0.05) is 0 Å². The molecule has 1 N–H and O–H groups in total. The molecule has 90 valence electrons. The molecule has 0 unspecified atom stereocenters. The van der Waals surface area contributed by atoms with Crippen LogP contribution in [-0.4, -0.2) is 66.5 Å². The second-order valence-electron chi connectivity index (χ2n) is 4.01. The molecule has 0 bridgehead atoms. The van der Waals surface area contributed by atoms with Crippen LogP contribution in [0, 0.1) is 0 Å². The maximum atomic E-state index is 11.6. The second kappa shape index (κ2) is 6.36. The lowest BCUT2D eigenvalue weighted by Gasteiger charge is -2.31. The van der Waals surface area contributed by atoms with E-state index < -0.39 is 35.1 Å². The summed E-state index contributed by atoms with van der Waals surface area (Å²) in [4.78, 5) is 22.8. The SMILES string of the molecule is [B]C([B])(O)CC([B])([B])C(=O)O[C@@H](C)C(=O)OCC. The van der Waals surface area contributed by atoms with Crippen LogP contribution in [0.4, 0.5) is 0 Å². The first kappa shape index (κ1) is 17.2. The molecule has 0 spiro atoms. The van der Waals surface area contributed by atoms with Crippen LogP contribution in [0.5, 0.6) is 0 Å². The zero-order chi connectivity index (χ0) is 14.6. The molecule has 8 radical (unpaired) electrons. The summed E-state index contributed by atoms with van der Waals surface area (Å²) >= 11 is 0. The fraction of sp³-hybridized carbons (Fsp3) is 0.778. The van der Waals surface area contributed by atoms with Crippen molar-refractivity contribution in [2.75, 3.05) is 6.61 Å². The van der Waals surface area contributed by atoms with E-state index in [1.807, 2.05) is 0 Å². The largest absolute Gasteiger partial charge is 0.463 e. The van der Waals surface area contributed by atoms with Crippen molar-refractivity contribution >= 4 is 43.3 Å². The third-order valence-electron chi connectivity index (χ3n) is 1.86. The standard InChI is InChI=1S/C9H12B4O5/c1-3-17-6(14)5(2)18-7(15)8(10,11)4-9(12,13)16/h5,16H,3-4H2,1-2H3/t5-/m0/s1.